The van der Waals surface area contributed by atoms with Gasteiger partial charge in [-0.2, -0.15) is 0 Å². The number of halogens is 1. The Hall–Kier alpha value is -1.42. The molecule has 1 N–H and O–H groups in total. The number of rotatable bonds is 2. The van der Waals surface area contributed by atoms with E-state index in [0.29, 0.717) is 18.2 Å². The van der Waals surface area contributed by atoms with Gasteiger partial charge in [0.25, 0.3) is 5.91 Å². The highest BCUT2D eigenvalue weighted by Gasteiger charge is 2.23. The fourth-order valence-corrected chi connectivity index (χ4v) is 2.20. The lowest BCUT2D eigenvalue weighted by Gasteiger charge is -2.32. The Bertz CT molecular complexity index is 408. The average molecular weight is 236 g/mol. The number of carbonyl (C=O) groups excluding carboxylic acids is 1. The number of likely N-dealkylation sites (tertiary alicyclic amines) is 1. The van der Waals surface area contributed by atoms with E-state index in [4.69, 9.17) is 0 Å². The topological polar surface area (TPSA) is 32.3 Å². The molecule has 1 saturated heterocycles. The lowest BCUT2D eigenvalue weighted by molar-refractivity contribution is 0.0697. The van der Waals surface area contributed by atoms with Crippen molar-refractivity contribution >= 4 is 5.91 Å². The summed E-state index contributed by atoms with van der Waals surface area (Å²) in [5.74, 6) is -0.442. The highest BCUT2D eigenvalue weighted by molar-refractivity contribution is 5.94. The second kappa shape index (κ2) is 5.27. The number of hydrogen-bond donors (Lipinski definition) is 1. The summed E-state index contributed by atoms with van der Waals surface area (Å²) < 4.78 is 13.1. The van der Waals surface area contributed by atoms with Crippen LogP contribution in [-0.2, 0) is 0 Å². The SMILES string of the molecule is CN[C@@H]1CCCN(C(=O)c2cccc(F)c2)C1. The number of benzene rings is 1. The zero-order valence-corrected chi connectivity index (χ0v) is 9.95. The van der Waals surface area contributed by atoms with Gasteiger partial charge in [0.15, 0.2) is 0 Å². The lowest BCUT2D eigenvalue weighted by Crippen LogP contribution is -2.46. The molecule has 0 aliphatic carbocycles. The number of nitrogens with zero attached hydrogens (tertiary/aromatic N) is 1. The number of piperidine rings is 1. The van der Waals surface area contributed by atoms with E-state index in [2.05, 4.69) is 5.32 Å². The first-order chi connectivity index (χ1) is 8.20. The molecule has 1 aromatic carbocycles. The second-order valence-electron chi connectivity index (χ2n) is 4.39. The van der Waals surface area contributed by atoms with E-state index in [1.54, 1.807) is 17.0 Å². The van der Waals surface area contributed by atoms with Gasteiger partial charge in [-0.25, -0.2) is 4.39 Å². The molecule has 0 aromatic heterocycles. The Morgan fingerprint density at radius 1 is 1.53 bits per heavy atom. The van der Waals surface area contributed by atoms with Crippen molar-refractivity contribution in [2.24, 2.45) is 0 Å². The molecule has 0 bridgehead atoms. The standard InChI is InChI=1S/C13H17FN2O/c1-15-12-6-3-7-16(9-12)13(17)10-4-2-5-11(14)8-10/h2,4-5,8,12,15H,3,6-7,9H2,1H3/t12-/m1/s1. The summed E-state index contributed by atoms with van der Waals surface area (Å²) in [5.41, 5.74) is 0.432. The Morgan fingerprint density at radius 2 is 2.35 bits per heavy atom. The monoisotopic (exact) mass is 236 g/mol. The second-order valence-corrected chi connectivity index (χ2v) is 4.39. The molecular formula is C13H17FN2O. The van der Waals surface area contributed by atoms with Crippen LogP contribution in [0.2, 0.25) is 0 Å². The zero-order valence-electron chi connectivity index (χ0n) is 9.95. The van der Waals surface area contributed by atoms with Gasteiger partial charge in [-0.3, -0.25) is 4.79 Å². The van der Waals surface area contributed by atoms with Crippen LogP contribution in [0.5, 0.6) is 0 Å². The van der Waals surface area contributed by atoms with Crippen molar-refractivity contribution in [1.29, 1.82) is 0 Å². The summed E-state index contributed by atoms with van der Waals surface area (Å²) in [7, 11) is 1.90. The number of nitrogens with one attached hydrogen (secondary N) is 1. The van der Waals surface area contributed by atoms with E-state index < -0.39 is 0 Å². The Morgan fingerprint density at radius 3 is 3.06 bits per heavy atom. The minimum absolute atomic E-state index is 0.0792. The van der Waals surface area contributed by atoms with Gasteiger partial charge in [0.2, 0.25) is 0 Å². The van der Waals surface area contributed by atoms with Crippen LogP contribution in [-0.4, -0.2) is 37.0 Å². The average Bonchev–Trinajstić information content (AvgIpc) is 2.38. The van der Waals surface area contributed by atoms with Crippen LogP contribution in [0.3, 0.4) is 0 Å². The van der Waals surface area contributed by atoms with Crippen molar-refractivity contribution in [2.75, 3.05) is 20.1 Å². The molecule has 17 heavy (non-hydrogen) atoms. The first-order valence-electron chi connectivity index (χ1n) is 5.93. The van der Waals surface area contributed by atoms with Gasteiger partial charge in [0.1, 0.15) is 5.82 Å². The molecule has 1 aliphatic rings. The summed E-state index contributed by atoms with van der Waals surface area (Å²) in [4.78, 5) is 13.9. The fraction of sp³-hybridized carbons (Fsp3) is 0.462. The minimum Gasteiger partial charge on any atom is -0.337 e. The van der Waals surface area contributed by atoms with Crippen LogP contribution in [0.4, 0.5) is 4.39 Å². The number of hydrogen-bond acceptors (Lipinski definition) is 2. The highest BCUT2D eigenvalue weighted by atomic mass is 19.1. The summed E-state index contributed by atoms with van der Waals surface area (Å²) in [6.45, 7) is 1.46. The maximum atomic E-state index is 13.1. The van der Waals surface area contributed by atoms with Gasteiger partial charge < -0.3 is 10.2 Å². The molecule has 1 fully saturated rings. The maximum Gasteiger partial charge on any atom is 0.254 e. The van der Waals surface area contributed by atoms with Crippen molar-refractivity contribution in [1.82, 2.24) is 10.2 Å². The predicted octanol–water partition coefficient (Wildman–Crippen LogP) is 1.65. The number of likely N-dealkylation sites (N-methyl/N-ethyl adjacent to an activating group) is 1. The van der Waals surface area contributed by atoms with Gasteiger partial charge in [0.05, 0.1) is 0 Å². The third-order valence-corrected chi connectivity index (χ3v) is 3.19. The molecule has 0 spiro atoms. The molecule has 1 amide bonds. The quantitative estimate of drug-likeness (QED) is 0.846. The number of carbonyl (C=O) groups is 1. The lowest BCUT2D eigenvalue weighted by atomic mass is 10.0. The van der Waals surface area contributed by atoms with Crippen molar-refractivity contribution in [3.63, 3.8) is 0 Å². The highest BCUT2D eigenvalue weighted by Crippen LogP contribution is 2.14. The third kappa shape index (κ3) is 2.82. The van der Waals surface area contributed by atoms with E-state index in [1.807, 2.05) is 7.05 Å². The normalized spacial score (nSPS) is 20.4. The molecule has 1 atom stereocenters. The molecule has 1 aromatic rings. The molecule has 92 valence electrons. The third-order valence-electron chi connectivity index (χ3n) is 3.19. The van der Waals surface area contributed by atoms with Crippen LogP contribution in [0.15, 0.2) is 24.3 Å². The van der Waals surface area contributed by atoms with Crippen LogP contribution in [0, 0.1) is 5.82 Å². The molecule has 1 heterocycles. The Labute approximate surface area is 101 Å². The number of amides is 1. The Balaban J connectivity index is 2.09. The van der Waals surface area contributed by atoms with E-state index in [9.17, 15) is 9.18 Å². The van der Waals surface area contributed by atoms with E-state index in [1.165, 1.54) is 12.1 Å². The van der Waals surface area contributed by atoms with Gasteiger partial charge in [0, 0.05) is 24.7 Å². The predicted molar refractivity (Wildman–Crippen MR) is 64.4 cm³/mol. The maximum absolute atomic E-state index is 13.1. The van der Waals surface area contributed by atoms with Gasteiger partial charge >= 0.3 is 0 Å². The fourth-order valence-electron chi connectivity index (χ4n) is 2.20. The van der Waals surface area contributed by atoms with Crippen LogP contribution < -0.4 is 5.32 Å². The van der Waals surface area contributed by atoms with Crippen molar-refractivity contribution in [3.05, 3.63) is 35.6 Å². The van der Waals surface area contributed by atoms with Crippen molar-refractivity contribution in [2.45, 2.75) is 18.9 Å². The summed E-state index contributed by atoms with van der Waals surface area (Å²) in [6, 6.07) is 6.23. The van der Waals surface area contributed by atoms with Crippen molar-refractivity contribution < 1.29 is 9.18 Å². The Kier molecular flexibility index (Phi) is 3.74. The van der Waals surface area contributed by atoms with Crippen LogP contribution in [0.25, 0.3) is 0 Å². The minimum atomic E-state index is -0.363. The molecule has 3 nitrogen and oxygen atoms in total. The first kappa shape index (κ1) is 12.0. The van der Waals surface area contributed by atoms with E-state index in [0.717, 1.165) is 19.4 Å². The summed E-state index contributed by atoms with van der Waals surface area (Å²) >= 11 is 0. The smallest absolute Gasteiger partial charge is 0.254 e. The van der Waals surface area contributed by atoms with Crippen molar-refractivity contribution in [3.8, 4) is 0 Å². The van der Waals surface area contributed by atoms with E-state index in [-0.39, 0.29) is 11.7 Å². The molecule has 2 rings (SSSR count). The summed E-state index contributed by atoms with van der Waals surface area (Å²) in [5, 5.41) is 3.18. The zero-order chi connectivity index (χ0) is 12.3. The largest absolute Gasteiger partial charge is 0.337 e. The van der Waals surface area contributed by atoms with Crippen LogP contribution in [0.1, 0.15) is 23.2 Å². The summed E-state index contributed by atoms with van der Waals surface area (Å²) in [6.07, 6.45) is 2.08. The van der Waals surface area contributed by atoms with Gasteiger partial charge in [-0.1, -0.05) is 6.07 Å². The van der Waals surface area contributed by atoms with Gasteiger partial charge in [-0.05, 0) is 38.1 Å². The molecular weight excluding hydrogens is 219 g/mol. The molecule has 0 unspecified atom stereocenters. The molecule has 1 aliphatic heterocycles. The van der Waals surface area contributed by atoms with Gasteiger partial charge in [-0.15, -0.1) is 0 Å². The molecule has 4 heteroatoms. The van der Waals surface area contributed by atoms with Crippen LogP contribution >= 0.6 is 0 Å². The molecule has 0 radical (unpaired) electrons. The first-order valence-corrected chi connectivity index (χ1v) is 5.93. The van der Waals surface area contributed by atoms with E-state index >= 15 is 0 Å². The molecule has 0 saturated carbocycles.